The monoisotopic (exact) mass is 305 g/mol. The van der Waals surface area contributed by atoms with E-state index in [0.29, 0.717) is 5.56 Å². The molecule has 0 saturated heterocycles. The number of carbonyl (C=O) groups is 1. The van der Waals surface area contributed by atoms with Crippen LogP contribution in [0.15, 0.2) is 18.2 Å². The Labute approximate surface area is 116 Å². The van der Waals surface area contributed by atoms with Gasteiger partial charge in [0.2, 0.25) is 0 Å². The molecule has 1 aromatic rings. The van der Waals surface area contributed by atoms with Crippen LogP contribution in [-0.2, 0) is 21.6 Å². The minimum Gasteiger partial charge on any atom is -0.493 e. The van der Waals surface area contributed by atoms with Crippen molar-refractivity contribution in [3.8, 4) is 11.5 Å². The Bertz CT molecular complexity index is 609. The summed E-state index contributed by atoms with van der Waals surface area (Å²) in [5, 5.41) is 8.94. The molecule has 1 atom stereocenters. The number of methoxy groups -OCH3 is 1. The molecule has 0 amide bonds. The summed E-state index contributed by atoms with van der Waals surface area (Å²) in [5.74, 6) is -1.36. The predicted octanol–water partition coefficient (Wildman–Crippen LogP) is 0.221. The van der Waals surface area contributed by atoms with E-state index in [1.165, 1.54) is 32.2 Å². The summed E-state index contributed by atoms with van der Waals surface area (Å²) in [4.78, 5) is 10.9. The van der Waals surface area contributed by atoms with Gasteiger partial charge >= 0.3 is 16.4 Å². The number of rotatable bonds is 6. The molecule has 0 aliphatic carbocycles. The molecule has 1 aromatic carbocycles. The summed E-state index contributed by atoms with van der Waals surface area (Å²) in [6, 6.07) is 4.05. The lowest BCUT2D eigenvalue weighted by Gasteiger charge is -2.19. The summed E-state index contributed by atoms with van der Waals surface area (Å²) in [7, 11) is -3.40. The number of hydrogen-bond donors (Lipinski definition) is 3. The first-order chi connectivity index (χ1) is 9.05. The number of hydrogen-bond acceptors (Lipinski definition) is 6. The standard InChI is InChI=1S/C11H15NO7S/c1-11(12,10(13)14)6-7-3-4-8(9(5-7)18-2)19-20(15,16)17/h3-5H,6,12H2,1-2H3,(H,13,14)(H,15,16,17). The summed E-state index contributed by atoms with van der Waals surface area (Å²) >= 11 is 0. The Kier molecular flexibility index (Phi) is 4.58. The van der Waals surface area contributed by atoms with Crippen LogP contribution in [0.1, 0.15) is 12.5 Å². The molecule has 0 saturated carbocycles. The normalized spacial score (nSPS) is 14.4. The van der Waals surface area contributed by atoms with Gasteiger partial charge in [0, 0.05) is 6.42 Å². The number of nitrogens with two attached hydrogens (primary N) is 1. The first kappa shape index (κ1) is 16.2. The van der Waals surface area contributed by atoms with Crippen LogP contribution in [0.5, 0.6) is 11.5 Å². The van der Waals surface area contributed by atoms with Crippen molar-refractivity contribution in [2.45, 2.75) is 18.9 Å². The highest BCUT2D eigenvalue weighted by Gasteiger charge is 2.28. The van der Waals surface area contributed by atoms with Gasteiger partial charge in [-0.3, -0.25) is 9.35 Å². The van der Waals surface area contributed by atoms with Crippen molar-refractivity contribution in [3.63, 3.8) is 0 Å². The van der Waals surface area contributed by atoms with E-state index in [1.807, 2.05) is 0 Å². The second-order valence-electron chi connectivity index (χ2n) is 4.40. The molecule has 0 spiro atoms. The average molecular weight is 305 g/mol. The van der Waals surface area contributed by atoms with Crippen LogP contribution in [-0.4, -0.2) is 36.7 Å². The van der Waals surface area contributed by atoms with E-state index in [0.717, 1.165) is 0 Å². The molecular formula is C11H15NO7S. The van der Waals surface area contributed by atoms with Gasteiger partial charge in [0.25, 0.3) is 0 Å². The van der Waals surface area contributed by atoms with Crippen LogP contribution < -0.4 is 14.7 Å². The zero-order valence-electron chi connectivity index (χ0n) is 10.9. The lowest BCUT2D eigenvalue weighted by molar-refractivity contribution is -0.142. The van der Waals surface area contributed by atoms with Gasteiger partial charge < -0.3 is 19.8 Å². The SMILES string of the molecule is COc1cc(CC(C)(N)C(=O)O)ccc1OS(=O)(=O)O. The zero-order valence-corrected chi connectivity index (χ0v) is 11.7. The molecule has 0 aromatic heterocycles. The van der Waals surface area contributed by atoms with Gasteiger partial charge in [0.1, 0.15) is 5.54 Å². The number of carboxylic acids is 1. The Hall–Kier alpha value is -1.84. The van der Waals surface area contributed by atoms with Gasteiger partial charge in [-0.2, -0.15) is 8.42 Å². The molecule has 112 valence electrons. The fourth-order valence-electron chi connectivity index (χ4n) is 1.50. The van der Waals surface area contributed by atoms with Crippen LogP contribution in [0.25, 0.3) is 0 Å². The maximum atomic E-state index is 10.9. The fourth-order valence-corrected chi connectivity index (χ4v) is 1.87. The van der Waals surface area contributed by atoms with Gasteiger partial charge in [0.05, 0.1) is 7.11 Å². The lowest BCUT2D eigenvalue weighted by atomic mass is 9.94. The van der Waals surface area contributed by atoms with E-state index < -0.39 is 21.9 Å². The van der Waals surface area contributed by atoms with Crippen molar-refractivity contribution >= 4 is 16.4 Å². The first-order valence-electron chi connectivity index (χ1n) is 5.41. The van der Waals surface area contributed by atoms with Crippen molar-refractivity contribution in [1.82, 2.24) is 0 Å². The third kappa shape index (κ3) is 4.37. The predicted molar refractivity (Wildman–Crippen MR) is 69.1 cm³/mol. The molecule has 0 fully saturated rings. The molecule has 8 nitrogen and oxygen atoms in total. The van der Waals surface area contributed by atoms with Gasteiger partial charge in [-0.05, 0) is 24.6 Å². The molecule has 0 bridgehead atoms. The summed E-state index contributed by atoms with van der Waals surface area (Å²) < 4.78 is 39.1. The van der Waals surface area contributed by atoms with Crippen molar-refractivity contribution < 1.29 is 31.8 Å². The second-order valence-corrected chi connectivity index (χ2v) is 5.42. The molecule has 1 rings (SSSR count). The number of benzene rings is 1. The van der Waals surface area contributed by atoms with Gasteiger partial charge in [-0.25, -0.2) is 0 Å². The van der Waals surface area contributed by atoms with Gasteiger partial charge in [0.15, 0.2) is 11.5 Å². The van der Waals surface area contributed by atoms with Crippen LogP contribution in [0.4, 0.5) is 0 Å². The van der Waals surface area contributed by atoms with Gasteiger partial charge in [-0.1, -0.05) is 6.07 Å². The summed E-state index contributed by atoms with van der Waals surface area (Å²) in [6.45, 7) is 1.35. The first-order valence-corrected chi connectivity index (χ1v) is 6.78. The number of carboxylic acid groups (broad SMARTS) is 1. The molecule has 0 heterocycles. The number of aliphatic carboxylic acids is 1. The summed E-state index contributed by atoms with van der Waals surface area (Å²) in [5.41, 5.74) is 4.65. The molecule has 1 unspecified atom stereocenters. The summed E-state index contributed by atoms with van der Waals surface area (Å²) in [6.07, 6.45) is 0.00481. The van der Waals surface area contributed by atoms with E-state index in [4.69, 9.17) is 20.1 Å². The highest BCUT2D eigenvalue weighted by atomic mass is 32.3. The molecular weight excluding hydrogens is 290 g/mol. The van der Waals surface area contributed by atoms with E-state index in [-0.39, 0.29) is 17.9 Å². The lowest BCUT2D eigenvalue weighted by Crippen LogP contribution is -2.46. The van der Waals surface area contributed by atoms with Crippen LogP contribution >= 0.6 is 0 Å². The Morgan fingerprint density at radius 2 is 2.00 bits per heavy atom. The minimum atomic E-state index is -4.67. The Balaban J connectivity index is 3.07. The quantitative estimate of drug-likeness (QED) is 0.635. The minimum absolute atomic E-state index is 0.00481. The smallest absolute Gasteiger partial charge is 0.446 e. The van der Waals surface area contributed by atoms with Crippen molar-refractivity contribution in [1.29, 1.82) is 0 Å². The average Bonchev–Trinajstić information content (AvgIpc) is 2.28. The number of ether oxygens (including phenoxy) is 1. The Morgan fingerprint density at radius 1 is 1.40 bits per heavy atom. The third-order valence-corrected chi connectivity index (χ3v) is 2.87. The van der Waals surface area contributed by atoms with Crippen molar-refractivity contribution in [2.24, 2.45) is 5.73 Å². The van der Waals surface area contributed by atoms with E-state index >= 15 is 0 Å². The van der Waals surface area contributed by atoms with E-state index in [1.54, 1.807) is 0 Å². The largest absolute Gasteiger partial charge is 0.493 e. The zero-order chi connectivity index (χ0) is 15.6. The van der Waals surface area contributed by atoms with Crippen LogP contribution in [0.3, 0.4) is 0 Å². The molecule has 0 aliphatic rings. The maximum Gasteiger partial charge on any atom is 0.446 e. The van der Waals surface area contributed by atoms with Crippen LogP contribution in [0.2, 0.25) is 0 Å². The molecule has 20 heavy (non-hydrogen) atoms. The molecule has 0 aliphatic heterocycles. The van der Waals surface area contributed by atoms with Crippen molar-refractivity contribution in [3.05, 3.63) is 23.8 Å². The fraction of sp³-hybridized carbons (Fsp3) is 0.364. The second kappa shape index (κ2) is 5.65. The van der Waals surface area contributed by atoms with E-state index in [2.05, 4.69) is 4.18 Å². The van der Waals surface area contributed by atoms with Gasteiger partial charge in [-0.15, -0.1) is 0 Å². The van der Waals surface area contributed by atoms with Crippen molar-refractivity contribution in [2.75, 3.05) is 7.11 Å². The maximum absolute atomic E-state index is 10.9. The Morgan fingerprint density at radius 3 is 2.45 bits per heavy atom. The molecule has 4 N–H and O–H groups in total. The highest BCUT2D eigenvalue weighted by Crippen LogP contribution is 2.30. The van der Waals surface area contributed by atoms with Crippen LogP contribution in [0, 0.1) is 0 Å². The van der Waals surface area contributed by atoms with E-state index in [9.17, 15) is 13.2 Å². The third-order valence-electron chi connectivity index (χ3n) is 2.48. The highest BCUT2D eigenvalue weighted by molar-refractivity contribution is 7.81. The molecule has 9 heteroatoms. The topological polar surface area (TPSA) is 136 Å². The molecule has 0 radical (unpaired) electrons.